The number of aromatic nitrogens is 1. The van der Waals surface area contributed by atoms with Gasteiger partial charge in [-0.1, -0.05) is 15.9 Å². The standard InChI is InChI=1S/C10H13BrFNO2/c1-6-5-13-9(12)4-7(6)10(15)8(14)2-3-11/h4-5,8,10,14-15H,2-3H2,1H3. The van der Waals surface area contributed by atoms with Crippen molar-refractivity contribution in [3.05, 3.63) is 29.3 Å². The summed E-state index contributed by atoms with van der Waals surface area (Å²) < 4.78 is 12.8. The number of hydrogen-bond acceptors (Lipinski definition) is 3. The Hall–Kier alpha value is -0.520. The van der Waals surface area contributed by atoms with E-state index in [4.69, 9.17) is 0 Å². The molecule has 2 N–H and O–H groups in total. The molecule has 1 rings (SSSR count). The SMILES string of the molecule is Cc1cnc(F)cc1C(O)C(O)CCBr. The number of nitrogens with zero attached hydrogens (tertiary/aromatic N) is 1. The van der Waals surface area contributed by atoms with Crippen LogP contribution >= 0.6 is 15.9 Å². The first-order valence-corrected chi connectivity index (χ1v) is 5.72. The zero-order valence-electron chi connectivity index (χ0n) is 8.32. The van der Waals surface area contributed by atoms with Gasteiger partial charge >= 0.3 is 0 Å². The van der Waals surface area contributed by atoms with Gasteiger partial charge in [0.25, 0.3) is 0 Å². The van der Waals surface area contributed by atoms with E-state index >= 15 is 0 Å². The molecule has 1 heterocycles. The van der Waals surface area contributed by atoms with Crippen LogP contribution in [-0.2, 0) is 0 Å². The molecule has 5 heteroatoms. The highest BCUT2D eigenvalue weighted by atomic mass is 79.9. The van der Waals surface area contributed by atoms with Crippen LogP contribution in [0, 0.1) is 12.9 Å². The molecule has 2 unspecified atom stereocenters. The largest absolute Gasteiger partial charge is 0.390 e. The monoisotopic (exact) mass is 277 g/mol. The maximum absolute atomic E-state index is 12.8. The first kappa shape index (κ1) is 12.5. The number of aliphatic hydroxyl groups is 2. The number of alkyl halides is 1. The summed E-state index contributed by atoms with van der Waals surface area (Å²) in [7, 11) is 0. The van der Waals surface area contributed by atoms with Crippen molar-refractivity contribution in [2.24, 2.45) is 0 Å². The Morgan fingerprint density at radius 2 is 2.20 bits per heavy atom. The molecule has 0 fully saturated rings. The molecule has 0 aliphatic heterocycles. The van der Waals surface area contributed by atoms with Gasteiger partial charge in [-0.05, 0) is 30.5 Å². The predicted molar refractivity (Wildman–Crippen MR) is 58.3 cm³/mol. The van der Waals surface area contributed by atoms with Crippen LogP contribution < -0.4 is 0 Å². The van der Waals surface area contributed by atoms with Crippen LogP contribution in [-0.4, -0.2) is 26.6 Å². The van der Waals surface area contributed by atoms with Crippen LogP contribution in [0.5, 0.6) is 0 Å². The van der Waals surface area contributed by atoms with Gasteiger partial charge in [-0.2, -0.15) is 4.39 Å². The molecular formula is C10H13BrFNO2. The Morgan fingerprint density at radius 1 is 1.53 bits per heavy atom. The quantitative estimate of drug-likeness (QED) is 0.651. The third-order valence-electron chi connectivity index (χ3n) is 2.20. The summed E-state index contributed by atoms with van der Waals surface area (Å²) in [5, 5.41) is 19.9. The van der Waals surface area contributed by atoms with Gasteiger partial charge in [-0.25, -0.2) is 4.98 Å². The van der Waals surface area contributed by atoms with Gasteiger partial charge in [-0.3, -0.25) is 0 Å². The zero-order chi connectivity index (χ0) is 11.4. The van der Waals surface area contributed by atoms with E-state index in [2.05, 4.69) is 20.9 Å². The van der Waals surface area contributed by atoms with Gasteiger partial charge in [0.05, 0.1) is 6.10 Å². The van der Waals surface area contributed by atoms with Crippen molar-refractivity contribution in [2.45, 2.75) is 25.6 Å². The molecule has 0 saturated heterocycles. The number of pyridine rings is 1. The second-order valence-corrected chi connectivity index (χ2v) is 4.15. The molecule has 0 aliphatic rings. The van der Waals surface area contributed by atoms with Crippen LogP contribution in [0.15, 0.2) is 12.3 Å². The first-order valence-electron chi connectivity index (χ1n) is 4.60. The van der Waals surface area contributed by atoms with Crippen molar-refractivity contribution in [2.75, 3.05) is 5.33 Å². The molecule has 0 aromatic carbocycles. The lowest BCUT2D eigenvalue weighted by Crippen LogP contribution is -2.19. The topological polar surface area (TPSA) is 53.4 Å². The van der Waals surface area contributed by atoms with Crippen LogP contribution in [0.1, 0.15) is 23.7 Å². The Bertz CT molecular complexity index is 335. The Balaban J connectivity index is 2.89. The number of aryl methyl sites for hydroxylation is 1. The van der Waals surface area contributed by atoms with Gasteiger partial charge in [0, 0.05) is 11.5 Å². The van der Waals surface area contributed by atoms with Gasteiger partial charge < -0.3 is 10.2 Å². The summed E-state index contributed by atoms with van der Waals surface area (Å²) in [6, 6.07) is 1.15. The van der Waals surface area contributed by atoms with E-state index in [9.17, 15) is 14.6 Å². The van der Waals surface area contributed by atoms with E-state index in [-0.39, 0.29) is 0 Å². The van der Waals surface area contributed by atoms with Crippen molar-refractivity contribution in [3.8, 4) is 0 Å². The lowest BCUT2D eigenvalue weighted by atomic mass is 10.00. The average Bonchev–Trinajstić information content (AvgIpc) is 2.21. The van der Waals surface area contributed by atoms with Gasteiger partial charge in [0.15, 0.2) is 0 Å². The predicted octanol–water partition coefficient (Wildman–Crippen LogP) is 1.71. The Morgan fingerprint density at radius 3 is 2.80 bits per heavy atom. The van der Waals surface area contributed by atoms with Crippen LogP contribution in [0.2, 0.25) is 0 Å². The molecule has 15 heavy (non-hydrogen) atoms. The van der Waals surface area contributed by atoms with Crippen LogP contribution in [0.25, 0.3) is 0 Å². The highest BCUT2D eigenvalue weighted by molar-refractivity contribution is 9.09. The van der Waals surface area contributed by atoms with Gasteiger partial charge in [-0.15, -0.1) is 0 Å². The van der Waals surface area contributed by atoms with E-state index in [0.717, 1.165) is 6.07 Å². The molecule has 0 amide bonds. The first-order chi connectivity index (χ1) is 7.06. The summed E-state index contributed by atoms with van der Waals surface area (Å²) >= 11 is 3.17. The maximum Gasteiger partial charge on any atom is 0.213 e. The van der Waals surface area contributed by atoms with Gasteiger partial charge in [0.2, 0.25) is 5.95 Å². The molecule has 3 nitrogen and oxygen atoms in total. The molecule has 2 atom stereocenters. The summed E-state index contributed by atoms with van der Waals surface area (Å²) in [6.45, 7) is 1.71. The van der Waals surface area contributed by atoms with E-state index in [1.165, 1.54) is 6.20 Å². The third-order valence-corrected chi connectivity index (χ3v) is 2.66. The van der Waals surface area contributed by atoms with Crippen LogP contribution in [0.3, 0.4) is 0 Å². The molecule has 0 aliphatic carbocycles. The summed E-state index contributed by atoms with van der Waals surface area (Å²) in [5.74, 6) is -0.652. The lowest BCUT2D eigenvalue weighted by molar-refractivity contribution is 0.0167. The fourth-order valence-electron chi connectivity index (χ4n) is 1.31. The van der Waals surface area contributed by atoms with E-state index in [0.29, 0.717) is 22.9 Å². The van der Waals surface area contributed by atoms with Crippen LogP contribution in [0.4, 0.5) is 4.39 Å². The fraction of sp³-hybridized carbons (Fsp3) is 0.500. The summed E-state index contributed by atoms with van der Waals surface area (Å²) in [4.78, 5) is 3.46. The summed E-state index contributed by atoms with van der Waals surface area (Å²) in [6.07, 6.45) is -0.218. The minimum Gasteiger partial charge on any atom is -0.390 e. The van der Waals surface area contributed by atoms with E-state index < -0.39 is 18.2 Å². The average molecular weight is 278 g/mol. The Labute approximate surface area is 96.1 Å². The normalized spacial score (nSPS) is 15.0. The zero-order valence-corrected chi connectivity index (χ0v) is 9.91. The highest BCUT2D eigenvalue weighted by Crippen LogP contribution is 2.22. The van der Waals surface area contributed by atoms with E-state index in [1.54, 1.807) is 6.92 Å². The second kappa shape index (κ2) is 5.53. The number of hydrogen-bond donors (Lipinski definition) is 2. The van der Waals surface area contributed by atoms with Crippen molar-refractivity contribution in [1.82, 2.24) is 4.98 Å². The smallest absolute Gasteiger partial charge is 0.213 e. The second-order valence-electron chi connectivity index (χ2n) is 3.35. The molecule has 0 radical (unpaired) electrons. The van der Waals surface area contributed by atoms with Crippen molar-refractivity contribution < 1.29 is 14.6 Å². The molecule has 0 saturated carbocycles. The number of rotatable bonds is 4. The fourth-order valence-corrected chi connectivity index (χ4v) is 1.78. The Kier molecular flexibility index (Phi) is 4.63. The molecule has 0 spiro atoms. The minimum absolute atomic E-state index is 0.385. The molecule has 1 aromatic rings. The van der Waals surface area contributed by atoms with Crippen molar-refractivity contribution >= 4 is 15.9 Å². The maximum atomic E-state index is 12.8. The molecule has 0 bridgehead atoms. The minimum atomic E-state index is -1.07. The highest BCUT2D eigenvalue weighted by Gasteiger charge is 2.20. The van der Waals surface area contributed by atoms with Gasteiger partial charge in [0.1, 0.15) is 6.10 Å². The summed E-state index contributed by atoms with van der Waals surface area (Å²) in [5.41, 5.74) is 1.05. The molecule has 84 valence electrons. The third kappa shape index (κ3) is 3.22. The number of halogens is 2. The van der Waals surface area contributed by atoms with E-state index in [1.807, 2.05) is 0 Å². The van der Waals surface area contributed by atoms with Crippen molar-refractivity contribution in [3.63, 3.8) is 0 Å². The number of aliphatic hydroxyl groups excluding tert-OH is 2. The lowest BCUT2D eigenvalue weighted by Gasteiger charge is -2.18. The molecular weight excluding hydrogens is 265 g/mol. The van der Waals surface area contributed by atoms with Crippen molar-refractivity contribution in [1.29, 1.82) is 0 Å². The molecule has 1 aromatic heterocycles.